The van der Waals surface area contributed by atoms with Crippen LogP contribution in [0, 0.1) is 0 Å². The molecular weight excluding hydrogens is 338 g/mol. The van der Waals surface area contributed by atoms with Crippen LogP contribution in [0.25, 0.3) is 0 Å². The second-order valence-corrected chi connectivity index (χ2v) is 5.25. The quantitative estimate of drug-likeness (QED) is 0.827. The van der Waals surface area contributed by atoms with Crippen molar-refractivity contribution in [3.05, 3.63) is 46.7 Å². The number of ether oxygens (including phenoxy) is 1. The van der Waals surface area contributed by atoms with Crippen LogP contribution in [0.5, 0.6) is 0 Å². The fraction of sp³-hybridized carbons (Fsp3) is 0.143. The minimum absolute atomic E-state index is 0.0336. The number of rotatable bonds is 4. The van der Waals surface area contributed by atoms with Gasteiger partial charge >= 0.3 is 5.97 Å². The van der Waals surface area contributed by atoms with E-state index in [1.165, 1.54) is 23.9 Å². The largest absolute Gasteiger partial charge is 0.464 e. The molecule has 0 aliphatic heterocycles. The molecule has 0 atom stereocenters. The number of carbonyl (C=O) groups excluding carboxylic acids is 2. The number of benzene rings is 1. The lowest BCUT2D eigenvalue weighted by Gasteiger charge is -2.09. The van der Waals surface area contributed by atoms with Crippen LogP contribution in [0.2, 0.25) is 0 Å². The van der Waals surface area contributed by atoms with Crippen LogP contribution in [0.4, 0.5) is 11.4 Å². The Morgan fingerprint density at radius 3 is 2.81 bits per heavy atom. The minimum atomic E-state index is -0.540. The van der Waals surface area contributed by atoms with Gasteiger partial charge in [-0.2, -0.15) is 0 Å². The summed E-state index contributed by atoms with van der Waals surface area (Å²) in [6.45, 7) is -0.0336. The van der Waals surface area contributed by atoms with E-state index in [1.54, 1.807) is 12.1 Å². The van der Waals surface area contributed by atoms with E-state index < -0.39 is 5.97 Å². The maximum absolute atomic E-state index is 12.0. The molecule has 0 bridgehead atoms. The van der Waals surface area contributed by atoms with Crippen molar-refractivity contribution in [3.8, 4) is 0 Å². The molecule has 0 aliphatic rings. The van der Waals surface area contributed by atoms with Crippen LogP contribution in [0.3, 0.4) is 0 Å². The highest BCUT2D eigenvalue weighted by Crippen LogP contribution is 2.16. The van der Waals surface area contributed by atoms with Crippen LogP contribution in [-0.4, -0.2) is 23.6 Å². The molecule has 6 nitrogen and oxygen atoms in total. The predicted octanol–water partition coefficient (Wildman–Crippen LogP) is 2.26. The number of carbonyl (C=O) groups is 2. The minimum Gasteiger partial charge on any atom is -0.464 e. The number of methoxy groups -OCH3 is 1. The number of aromatic nitrogens is 1. The van der Waals surface area contributed by atoms with Gasteiger partial charge in [0, 0.05) is 16.4 Å². The van der Waals surface area contributed by atoms with Crippen LogP contribution < -0.4 is 11.1 Å². The number of nitrogens with two attached hydrogens (primary N) is 1. The molecule has 0 aliphatic carbocycles. The number of hydrogen-bond acceptors (Lipinski definition) is 4. The Labute approximate surface area is 130 Å². The zero-order chi connectivity index (χ0) is 15.4. The highest BCUT2D eigenvalue weighted by molar-refractivity contribution is 9.10. The van der Waals surface area contributed by atoms with Crippen LogP contribution in [0.1, 0.15) is 10.5 Å². The van der Waals surface area contributed by atoms with Crippen molar-refractivity contribution in [2.75, 3.05) is 18.2 Å². The van der Waals surface area contributed by atoms with E-state index >= 15 is 0 Å². The van der Waals surface area contributed by atoms with Gasteiger partial charge in [0.2, 0.25) is 5.91 Å². The van der Waals surface area contributed by atoms with Crippen molar-refractivity contribution in [1.29, 1.82) is 0 Å². The fourth-order valence-corrected chi connectivity index (χ4v) is 2.26. The summed E-state index contributed by atoms with van der Waals surface area (Å²) >= 11 is 3.33. The zero-order valence-electron chi connectivity index (χ0n) is 11.3. The number of nitrogens with zero attached hydrogens (tertiary/aromatic N) is 1. The topological polar surface area (TPSA) is 86.3 Å². The van der Waals surface area contributed by atoms with Gasteiger partial charge in [0.1, 0.15) is 12.2 Å². The highest BCUT2D eigenvalue weighted by atomic mass is 79.9. The van der Waals surface area contributed by atoms with E-state index in [4.69, 9.17) is 5.73 Å². The Balaban J connectivity index is 2.11. The van der Waals surface area contributed by atoms with Gasteiger partial charge in [-0.3, -0.25) is 4.79 Å². The van der Waals surface area contributed by atoms with Gasteiger partial charge in [-0.1, -0.05) is 22.0 Å². The molecule has 0 unspecified atom stereocenters. The second-order valence-electron chi connectivity index (χ2n) is 4.34. The smallest absolute Gasteiger partial charge is 0.354 e. The summed E-state index contributed by atoms with van der Waals surface area (Å²) in [5.41, 5.74) is 6.94. The number of halogens is 1. The van der Waals surface area contributed by atoms with Gasteiger partial charge in [0.05, 0.1) is 12.8 Å². The molecule has 1 aromatic carbocycles. The van der Waals surface area contributed by atoms with Crippen molar-refractivity contribution in [1.82, 2.24) is 4.57 Å². The Bertz CT molecular complexity index is 682. The first kappa shape index (κ1) is 15.1. The summed E-state index contributed by atoms with van der Waals surface area (Å²) in [7, 11) is 1.28. The molecule has 1 amide bonds. The molecule has 0 saturated carbocycles. The first-order valence-corrected chi connectivity index (χ1v) is 6.88. The Kier molecular flexibility index (Phi) is 4.64. The number of anilines is 2. The van der Waals surface area contributed by atoms with Crippen LogP contribution in [-0.2, 0) is 16.1 Å². The molecule has 21 heavy (non-hydrogen) atoms. The molecule has 0 radical (unpaired) electrons. The fourth-order valence-electron chi connectivity index (χ4n) is 1.86. The average molecular weight is 352 g/mol. The van der Waals surface area contributed by atoms with Gasteiger partial charge in [0.25, 0.3) is 0 Å². The molecule has 0 saturated heterocycles. The number of esters is 1. The molecule has 110 valence electrons. The molecule has 2 rings (SSSR count). The SMILES string of the molecule is COC(=O)c1cc(N)cn1CC(=O)Nc1cccc(Br)c1. The van der Waals surface area contributed by atoms with Crippen molar-refractivity contribution in [2.45, 2.75) is 6.54 Å². The molecule has 3 N–H and O–H groups in total. The summed E-state index contributed by atoms with van der Waals surface area (Å²) in [5.74, 6) is -0.809. The molecule has 0 spiro atoms. The third-order valence-electron chi connectivity index (χ3n) is 2.73. The van der Waals surface area contributed by atoms with Crippen molar-refractivity contribution < 1.29 is 14.3 Å². The van der Waals surface area contributed by atoms with Gasteiger partial charge in [-0.05, 0) is 24.3 Å². The van der Waals surface area contributed by atoms with Gasteiger partial charge in [-0.15, -0.1) is 0 Å². The van der Waals surface area contributed by atoms with Crippen LogP contribution in [0.15, 0.2) is 41.0 Å². The first-order chi connectivity index (χ1) is 9.99. The summed E-state index contributed by atoms with van der Waals surface area (Å²) in [5, 5.41) is 2.74. The molecule has 2 aromatic rings. The van der Waals surface area contributed by atoms with Gasteiger partial charge in [0.15, 0.2) is 0 Å². The molecular formula is C14H14BrN3O3. The van der Waals surface area contributed by atoms with E-state index in [0.29, 0.717) is 11.4 Å². The van der Waals surface area contributed by atoms with Crippen molar-refractivity contribution >= 4 is 39.2 Å². The van der Waals surface area contributed by atoms with E-state index in [0.717, 1.165) is 4.47 Å². The first-order valence-electron chi connectivity index (χ1n) is 6.09. The normalized spacial score (nSPS) is 10.2. The molecule has 7 heteroatoms. The summed E-state index contributed by atoms with van der Waals surface area (Å²) in [6.07, 6.45) is 1.52. The second kappa shape index (κ2) is 6.45. The monoisotopic (exact) mass is 351 g/mol. The number of nitrogen functional groups attached to an aromatic ring is 1. The van der Waals surface area contributed by atoms with Crippen LogP contribution >= 0.6 is 15.9 Å². The number of hydrogen-bond donors (Lipinski definition) is 2. The summed E-state index contributed by atoms with van der Waals surface area (Å²) < 4.78 is 6.97. The molecule has 1 aromatic heterocycles. The number of nitrogens with one attached hydrogen (secondary N) is 1. The Hall–Kier alpha value is -2.28. The predicted molar refractivity (Wildman–Crippen MR) is 83.0 cm³/mol. The third kappa shape index (κ3) is 3.85. The van der Waals surface area contributed by atoms with Crippen molar-refractivity contribution in [3.63, 3.8) is 0 Å². The zero-order valence-corrected chi connectivity index (χ0v) is 12.9. The average Bonchev–Trinajstić information content (AvgIpc) is 2.78. The van der Waals surface area contributed by atoms with E-state index in [-0.39, 0.29) is 18.1 Å². The summed E-state index contributed by atoms with van der Waals surface area (Å²) in [6, 6.07) is 8.69. The van der Waals surface area contributed by atoms with Gasteiger partial charge < -0.3 is 20.4 Å². The molecule has 0 fully saturated rings. The maximum Gasteiger partial charge on any atom is 0.354 e. The highest BCUT2D eigenvalue weighted by Gasteiger charge is 2.15. The van der Waals surface area contributed by atoms with Crippen molar-refractivity contribution in [2.24, 2.45) is 0 Å². The maximum atomic E-state index is 12.0. The molecule has 1 heterocycles. The number of amides is 1. The standard InChI is InChI=1S/C14H14BrN3O3/c1-21-14(20)12-6-10(16)7-18(12)8-13(19)17-11-4-2-3-9(15)5-11/h2-7H,8,16H2,1H3,(H,17,19). The Morgan fingerprint density at radius 2 is 2.14 bits per heavy atom. The summed E-state index contributed by atoms with van der Waals surface area (Å²) in [4.78, 5) is 23.6. The van der Waals surface area contributed by atoms with E-state index in [2.05, 4.69) is 26.0 Å². The van der Waals surface area contributed by atoms with E-state index in [9.17, 15) is 9.59 Å². The lowest BCUT2D eigenvalue weighted by atomic mass is 10.3. The lowest BCUT2D eigenvalue weighted by Crippen LogP contribution is -2.21. The lowest BCUT2D eigenvalue weighted by molar-refractivity contribution is -0.116. The van der Waals surface area contributed by atoms with Gasteiger partial charge in [-0.25, -0.2) is 4.79 Å². The Morgan fingerprint density at radius 1 is 1.38 bits per heavy atom. The van der Waals surface area contributed by atoms with E-state index in [1.807, 2.05) is 12.1 Å². The third-order valence-corrected chi connectivity index (χ3v) is 3.23.